The number of aromatic nitrogens is 3. The number of hydrogen-bond donors (Lipinski definition) is 2. The molecule has 2 amide bonds. The fourth-order valence-corrected chi connectivity index (χ4v) is 2.50. The summed E-state index contributed by atoms with van der Waals surface area (Å²) in [6, 6.07) is 5.17. The molecule has 2 aromatic rings. The van der Waals surface area contributed by atoms with E-state index >= 15 is 0 Å². The predicted octanol–water partition coefficient (Wildman–Crippen LogP) is 3.13. The Morgan fingerprint density at radius 2 is 1.81 bits per heavy atom. The Labute approximate surface area is 179 Å². The summed E-state index contributed by atoms with van der Waals surface area (Å²) in [6.07, 6.45) is -5.97. The molecule has 0 aromatic carbocycles. The summed E-state index contributed by atoms with van der Waals surface area (Å²) in [5.41, 5.74) is 1.47. The van der Waals surface area contributed by atoms with Crippen LogP contribution in [-0.2, 0) is 16.0 Å². The standard InChI is InChI=1S/C19H20F5N5O3/c1-10-6-13(7-15(25-10)27-12(3)30)11(2)26-16(31)8-14-4-5-17(29-28-14)32-9-18(20,21)19(22,23)24/h4-7,11H,8-9H2,1-3H3,(H,26,31)(H,25,27,30). The van der Waals surface area contributed by atoms with Gasteiger partial charge in [0.25, 0.3) is 0 Å². The number of rotatable bonds is 8. The van der Waals surface area contributed by atoms with Crippen molar-refractivity contribution in [3.8, 4) is 5.88 Å². The number of carbonyl (C=O) groups excluding carboxylic acids is 2. The summed E-state index contributed by atoms with van der Waals surface area (Å²) in [5, 5.41) is 12.3. The van der Waals surface area contributed by atoms with Crippen LogP contribution in [0.2, 0.25) is 0 Å². The predicted molar refractivity (Wildman–Crippen MR) is 102 cm³/mol. The first kappa shape index (κ1) is 24.9. The molecule has 174 valence electrons. The lowest BCUT2D eigenvalue weighted by Crippen LogP contribution is -2.41. The first-order valence-electron chi connectivity index (χ1n) is 9.22. The molecule has 0 fully saturated rings. The summed E-state index contributed by atoms with van der Waals surface area (Å²) in [6.45, 7) is 2.85. The van der Waals surface area contributed by atoms with Crippen molar-refractivity contribution in [2.75, 3.05) is 11.9 Å². The van der Waals surface area contributed by atoms with E-state index in [1.807, 2.05) is 0 Å². The first-order valence-corrected chi connectivity index (χ1v) is 9.22. The molecule has 2 aromatic heterocycles. The van der Waals surface area contributed by atoms with E-state index in [2.05, 4.69) is 30.6 Å². The van der Waals surface area contributed by atoms with Crippen molar-refractivity contribution in [2.24, 2.45) is 0 Å². The molecule has 0 radical (unpaired) electrons. The van der Waals surface area contributed by atoms with Crippen LogP contribution >= 0.6 is 0 Å². The minimum absolute atomic E-state index is 0.148. The average molecular weight is 461 g/mol. The summed E-state index contributed by atoms with van der Waals surface area (Å²) in [7, 11) is 0. The highest BCUT2D eigenvalue weighted by molar-refractivity contribution is 5.87. The molecule has 13 heteroatoms. The third-order valence-electron chi connectivity index (χ3n) is 4.01. The van der Waals surface area contributed by atoms with Gasteiger partial charge in [0.1, 0.15) is 5.82 Å². The Hall–Kier alpha value is -3.38. The number of nitrogens with zero attached hydrogens (tertiary/aromatic N) is 3. The van der Waals surface area contributed by atoms with Crippen LogP contribution in [0.25, 0.3) is 0 Å². The van der Waals surface area contributed by atoms with E-state index in [1.165, 1.54) is 13.0 Å². The molecule has 0 aliphatic carbocycles. The Morgan fingerprint density at radius 3 is 2.38 bits per heavy atom. The largest absolute Gasteiger partial charge is 0.470 e. The van der Waals surface area contributed by atoms with Crippen molar-refractivity contribution in [1.29, 1.82) is 0 Å². The second-order valence-corrected chi connectivity index (χ2v) is 6.93. The number of alkyl halides is 5. The summed E-state index contributed by atoms with van der Waals surface area (Å²) >= 11 is 0. The van der Waals surface area contributed by atoms with E-state index in [0.29, 0.717) is 17.1 Å². The van der Waals surface area contributed by atoms with E-state index in [9.17, 15) is 31.5 Å². The molecule has 0 spiro atoms. The summed E-state index contributed by atoms with van der Waals surface area (Å²) in [5.74, 6) is -5.97. The maximum Gasteiger partial charge on any atom is 0.456 e. The van der Waals surface area contributed by atoms with Crippen molar-refractivity contribution < 1.29 is 36.3 Å². The van der Waals surface area contributed by atoms with Gasteiger partial charge in [-0.2, -0.15) is 27.1 Å². The minimum Gasteiger partial charge on any atom is -0.470 e. The summed E-state index contributed by atoms with van der Waals surface area (Å²) in [4.78, 5) is 27.7. The minimum atomic E-state index is -5.74. The second-order valence-electron chi connectivity index (χ2n) is 6.93. The zero-order chi connectivity index (χ0) is 24.1. The number of anilines is 1. The molecule has 2 N–H and O–H groups in total. The fraction of sp³-hybridized carbons (Fsp3) is 0.421. The topological polar surface area (TPSA) is 106 Å². The molecule has 8 nitrogen and oxygen atoms in total. The smallest absolute Gasteiger partial charge is 0.456 e. The summed E-state index contributed by atoms with van der Waals surface area (Å²) < 4.78 is 66.5. The highest BCUT2D eigenvalue weighted by Gasteiger charge is 2.58. The van der Waals surface area contributed by atoms with Gasteiger partial charge in [-0.1, -0.05) is 0 Å². The van der Waals surface area contributed by atoms with Crippen molar-refractivity contribution in [3.05, 3.63) is 41.2 Å². The number of nitrogens with one attached hydrogen (secondary N) is 2. The maximum atomic E-state index is 12.9. The van der Waals surface area contributed by atoms with Crippen LogP contribution in [0.15, 0.2) is 24.3 Å². The van der Waals surface area contributed by atoms with Gasteiger partial charge in [-0.25, -0.2) is 4.98 Å². The van der Waals surface area contributed by atoms with E-state index < -0.39 is 36.5 Å². The van der Waals surface area contributed by atoms with Crippen molar-refractivity contribution in [2.45, 2.75) is 45.3 Å². The maximum absolute atomic E-state index is 12.9. The molecule has 2 rings (SSSR count). The van der Waals surface area contributed by atoms with Gasteiger partial charge < -0.3 is 15.4 Å². The number of amides is 2. The van der Waals surface area contributed by atoms with Crippen molar-refractivity contribution in [1.82, 2.24) is 20.5 Å². The first-order chi connectivity index (χ1) is 14.8. The van der Waals surface area contributed by atoms with Crippen LogP contribution in [0.4, 0.5) is 27.8 Å². The monoisotopic (exact) mass is 461 g/mol. The highest BCUT2D eigenvalue weighted by atomic mass is 19.4. The molecular formula is C19H20F5N5O3. The van der Waals surface area contributed by atoms with Gasteiger partial charge in [0.15, 0.2) is 6.61 Å². The molecule has 2 heterocycles. The molecule has 0 bridgehead atoms. The third kappa shape index (κ3) is 7.10. The number of pyridine rings is 1. The second kappa shape index (κ2) is 9.83. The Bertz CT molecular complexity index is 967. The fourth-order valence-electron chi connectivity index (χ4n) is 2.50. The van der Waals surface area contributed by atoms with Gasteiger partial charge in [-0.05, 0) is 37.6 Å². The van der Waals surface area contributed by atoms with Crippen LogP contribution in [0, 0.1) is 6.92 Å². The number of carbonyl (C=O) groups is 2. The van der Waals surface area contributed by atoms with E-state index in [4.69, 9.17) is 0 Å². The number of ether oxygens (including phenoxy) is 1. The third-order valence-corrected chi connectivity index (χ3v) is 4.01. The van der Waals surface area contributed by atoms with Crippen molar-refractivity contribution >= 4 is 17.6 Å². The van der Waals surface area contributed by atoms with Gasteiger partial charge in [0.2, 0.25) is 17.7 Å². The number of hydrogen-bond acceptors (Lipinski definition) is 6. The number of aryl methyl sites for hydroxylation is 1. The molecule has 0 saturated heterocycles. The normalized spacial score (nSPS) is 12.8. The Balaban J connectivity index is 1.94. The van der Waals surface area contributed by atoms with Crippen molar-refractivity contribution in [3.63, 3.8) is 0 Å². The SMILES string of the molecule is CC(=O)Nc1cc(C(C)NC(=O)Cc2ccc(OCC(F)(F)C(F)(F)F)nn2)cc(C)n1. The van der Waals surface area contributed by atoms with E-state index in [1.54, 1.807) is 26.0 Å². The molecule has 0 saturated carbocycles. The van der Waals surface area contributed by atoms with Gasteiger partial charge in [-0.3, -0.25) is 9.59 Å². The van der Waals surface area contributed by atoms with E-state index in [-0.39, 0.29) is 18.0 Å². The molecule has 32 heavy (non-hydrogen) atoms. The highest BCUT2D eigenvalue weighted by Crippen LogP contribution is 2.35. The molecule has 1 atom stereocenters. The lowest BCUT2D eigenvalue weighted by atomic mass is 10.1. The number of halogens is 5. The zero-order valence-corrected chi connectivity index (χ0v) is 17.3. The van der Waals surface area contributed by atoms with E-state index in [0.717, 1.165) is 6.07 Å². The average Bonchev–Trinajstić information content (AvgIpc) is 2.65. The van der Waals surface area contributed by atoms with Crippen LogP contribution in [0.3, 0.4) is 0 Å². The van der Waals surface area contributed by atoms with Gasteiger partial charge in [-0.15, -0.1) is 5.10 Å². The Kier molecular flexibility index (Phi) is 7.65. The van der Waals surface area contributed by atoms with Crippen LogP contribution in [0.1, 0.15) is 36.8 Å². The van der Waals surface area contributed by atoms with Crippen LogP contribution < -0.4 is 15.4 Å². The lowest BCUT2D eigenvalue weighted by Gasteiger charge is -2.19. The molecule has 1 unspecified atom stereocenters. The quantitative estimate of drug-likeness (QED) is 0.585. The molecule has 0 aliphatic heterocycles. The van der Waals surface area contributed by atoms with Crippen LogP contribution in [-0.4, -0.2) is 45.7 Å². The Morgan fingerprint density at radius 1 is 1.12 bits per heavy atom. The van der Waals surface area contributed by atoms with Gasteiger partial charge in [0.05, 0.1) is 18.2 Å². The molecular weight excluding hydrogens is 441 g/mol. The molecule has 0 aliphatic rings. The van der Waals surface area contributed by atoms with Gasteiger partial charge in [0, 0.05) is 18.7 Å². The van der Waals surface area contributed by atoms with Crippen LogP contribution in [0.5, 0.6) is 5.88 Å². The van der Waals surface area contributed by atoms with Gasteiger partial charge >= 0.3 is 12.1 Å². The zero-order valence-electron chi connectivity index (χ0n) is 17.3. The lowest BCUT2D eigenvalue weighted by molar-refractivity contribution is -0.290.